The third-order valence-electron chi connectivity index (χ3n) is 3.44. The highest BCUT2D eigenvalue weighted by molar-refractivity contribution is 9.10. The number of nitrogens with zero attached hydrogens (tertiary/aromatic N) is 1. The molecular weight excluding hydrogens is 382 g/mol. The van der Waals surface area contributed by atoms with Crippen molar-refractivity contribution in [3.8, 4) is 17.2 Å². The van der Waals surface area contributed by atoms with Crippen molar-refractivity contribution in [2.45, 2.75) is 0 Å². The average molecular weight is 392 g/mol. The predicted octanol–water partition coefficient (Wildman–Crippen LogP) is 3.69. The quantitative estimate of drug-likeness (QED) is 0.486. The van der Waals surface area contributed by atoms with Crippen LogP contribution < -0.4 is 9.47 Å². The first kappa shape index (κ1) is 16.0. The van der Waals surface area contributed by atoms with E-state index < -0.39 is 16.4 Å². The summed E-state index contributed by atoms with van der Waals surface area (Å²) in [6.45, 7) is 0. The number of fused-ring (bicyclic) bond motifs is 1. The van der Waals surface area contributed by atoms with Crippen molar-refractivity contribution in [2.24, 2.45) is 0 Å². The molecular formula is C16H10BrNO6. The molecule has 0 atom stereocenters. The Morgan fingerprint density at radius 3 is 2.75 bits per heavy atom. The van der Waals surface area contributed by atoms with Crippen molar-refractivity contribution in [3.63, 3.8) is 0 Å². The molecule has 0 aromatic heterocycles. The average Bonchev–Trinajstić information content (AvgIpc) is 2.86. The minimum atomic E-state index is -0.734. The molecule has 0 spiro atoms. The van der Waals surface area contributed by atoms with Crippen molar-refractivity contribution in [1.82, 2.24) is 0 Å². The van der Waals surface area contributed by atoms with Crippen LogP contribution >= 0.6 is 15.9 Å². The lowest BCUT2D eigenvalue weighted by Crippen LogP contribution is -1.99. The summed E-state index contributed by atoms with van der Waals surface area (Å²) in [5, 5.41) is 20.8. The Hall–Kier alpha value is -2.87. The van der Waals surface area contributed by atoms with E-state index in [9.17, 15) is 20.0 Å². The number of nitro benzene ring substituents is 1. The van der Waals surface area contributed by atoms with Crippen molar-refractivity contribution in [1.29, 1.82) is 0 Å². The monoisotopic (exact) mass is 391 g/mol. The molecule has 0 radical (unpaired) electrons. The van der Waals surface area contributed by atoms with Gasteiger partial charge >= 0.3 is 5.69 Å². The molecule has 24 heavy (non-hydrogen) atoms. The number of rotatable bonds is 3. The summed E-state index contributed by atoms with van der Waals surface area (Å²) in [7, 11) is 1.28. The van der Waals surface area contributed by atoms with Gasteiger partial charge < -0.3 is 14.6 Å². The molecule has 0 saturated carbocycles. The van der Waals surface area contributed by atoms with E-state index in [2.05, 4.69) is 15.9 Å². The number of halogens is 1. The van der Waals surface area contributed by atoms with E-state index in [4.69, 9.17) is 9.47 Å². The highest BCUT2D eigenvalue weighted by atomic mass is 79.9. The largest absolute Gasteiger partial charge is 0.500 e. The van der Waals surface area contributed by atoms with E-state index in [1.54, 1.807) is 18.2 Å². The van der Waals surface area contributed by atoms with Gasteiger partial charge in [0, 0.05) is 6.07 Å². The fourth-order valence-electron chi connectivity index (χ4n) is 2.32. The number of ketones is 1. The fourth-order valence-corrected chi connectivity index (χ4v) is 2.77. The van der Waals surface area contributed by atoms with E-state index in [1.807, 2.05) is 0 Å². The van der Waals surface area contributed by atoms with E-state index in [-0.39, 0.29) is 17.3 Å². The Morgan fingerprint density at radius 2 is 2.12 bits per heavy atom. The van der Waals surface area contributed by atoms with Crippen LogP contribution in [0, 0.1) is 10.1 Å². The number of hydrogen-bond donors (Lipinski definition) is 1. The molecule has 0 fully saturated rings. The Morgan fingerprint density at radius 1 is 1.38 bits per heavy atom. The molecule has 0 bridgehead atoms. The van der Waals surface area contributed by atoms with Crippen molar-refractivity contribution < 1.29 is 24.3 Å². The molecule has 0 amide bonds. The summed E-state index contributed by atoms with van der Waals surface area (Å²) in [4.78, 5) is 22.7. The number of phenolic OH excluding ortho intramolecular Hbond substituents is 1. The number of allylic oxidation sites excluding steroid dienone is 1. The molecule has 122 valence electrons. The first-order valence-electron chi connectivity index (χ1n) is 6.70. The van der Waals surface area contributed by atoms with Crippen molar-refractivity contribution in [3.05, 3.63) is 61.8 Å². The van der Waals surface area contributed by atoms with Crippen LogP contribution in [0.1, 0.15) is 15.9 Å². The fraction of sp³-hybridized carbons (Fsp3) is 0.0625. The number of ether oxygens (including phenoxy) is 2. The molecule has 8 heteroatoms. The molecule has 1 aliphatic rings. The summed E-state index contributed by atoms with van der Waals surface area (Å²) in [5.41, 5.74) is 0.171. The summed E-state index contributed by atoms with van der Waals surface area (Å²) in [6, 6.07) is 7.59. The molecule has 1 N–H and O–H groups in total. The minimum Gasteiger partial charge on any atom is -0.500 e. The number of phenols is 1. The second kappa shape index (κ2) is 5.97. The number of carbonyl (C=O) groups excluding carboxylic acids is 1. The highest BCUT2D eigenvalue weighted by Gasteiger charge is 2.29. The lowest BCUT2D eigenvalue weighted by molar-refractivity contribution is -0.386. The first-order valence-corrected chi connectivity index (χ1v) is 7.50. The Balaban J connectivity index is 2.07. The van der Waals surface area contributed by atoms with Gasteiger partial charge in [-0.15, -0.1) is 0 Å². The van der Waals surface area contributed by atoms with Crippen molar-refractivity contribution >= 4 is 33.5 Å². The standard InChI is InChI=1S/C16H10BrNO6/c1-23-12-6-8(5-11(15(12)20)18(21)22)7-13-14(19)9-3-2-4-10(17)16(9)24-13/h2-7,20H,1H3/b13-7-. The maximum atomic E-state index is 12.4. The number of aromatic hydroxyl groups is 1. The molecule has 1 aliphatic heterocycles. The van der Waals surface area contributed by atoms with Gasteiger partial charge in [-0.2, -0.15) is 0 Å². The highest BCUT2D eigenvalue weighted by Crippen LogP contribution is 2.40. The Kier molecular flexibility index (Phi) is 3.98. The third-order valence-corrected chi connectivity index (χ3v) is 4.06. The molecule has 1 heterocycles. The maximum absolute atomic E-state index is 12.4. The summed E-state index contributed by atoms with van der Waals surface area (Å²) >= 11 is 3.30. The number of methoxy groups -OCH3 is 1. The zero-order valence-electron chi connectivity index (χ0n) is 12.3. The minimum absolute atomic E-state index is 0.0268. The van der Waals surface area contributed by atoms with Gasteiger partial charge in [-0.1, -0.05) is 6.07 Å². The molecule has 0 saturated heterocycles. The maximum Gasteiger partial charge on any atom is 0.315 e. The van der Waals surface area contributed by atoms with E-state index >= 15 is 0 Å². The smallest absolute Gasteiger partial charge is 0.315 e. The SMILES string of the molecule is COc1cc(/C=C2\Oc3c(Br)cccc3C2=O)cc([N+](=O)[O-])c1O. The van der Waals surface area contributed by atoms with Crippen LogP contribution in [0.25, 0.3) is 6.08 Å². The van der Waals surface area contributed by atoms with Gasteiger partial charge in [-0.25, -0.2) is 0 Å². The van der Waals surface area contributed by atoms with Crippen LogP contribution in [0.15, 0.2) is 40.6 Å². The molecule has 7 nitrogen and oxygen atoms in total. The first-order chi connectivity index (χ1) is 11.4. The number of benzene rings is 2. The molecule has 2 aromatic carbocycles. The number of para-hydroxylation sites is 1. The van der Waals surface area contributed by atoms with Gasteiger partial charge in [0.25, 0.3) is 0 Å². The van der Waals surface area contributed by atoms with Crippen LogP contribution in [0.4, 0.5) is 5.69 Å². The lowest BCUT2D eigenvalue weighted by Gasteiger charge is -2.06. The Bertz CT molecular complexity index is 906. The molecule has 0 unspecified atom stereocenters. The van der Waals surface area contributed by atoms with Crippen molar-refractivity contribution in [2.75, 3.05) is 7.11 Å². The van der Waals surface area contributed by atoms with Gasteiger partial charge in [-0.3, -0.25) is 14.9 Å². The van der Waals surface area contributed by atoms with Crippen LogP contribution in [0.3, 0.4) is 0 Å². The van der Waals surface area contributed by atoms with E-state index in [0.29, 0.717) is 21.3 Å². The van der Waals surface area contributed by atoms with Crippen LogP contribution in [0.5, 0.6) is 17.2 Å². The van der Waals surface area contributed by atoms with E-state index in [1.165, 1.54) is 19.3 Å². The van der Waals surface area contributed by atoms with Gasteiger partial charge in [0.05, 0.1) is 22.1 Å². The van der Waals surface area contributed by atoms with Gasteiger partial charge in [0.2, 0.25) is 11.5 Å². The van der Waals surface area contributed by atoms with Gasteiger partial charge in [-0.05, 0) is 45.8 Å². The number of nitro groups is 1. The number of Topliss-reactive ketones (excluding diaryl/α,β-unsaturated/α-hetero) is 1. The zero-order valence-corrected chi connectivity index (χ0v) is 13.9. The molecule has 3 rings (SSSR count). The number of hydrogen-bond acceptors (Lipinski definition) is 6. The van der Waals surface area contributed by atoms with Gasteiger partial charge in [0.15, 0.2) is 17.3 Å². The number of carbonyl (C=O) groups is 1. The topological polar surface area (TPSA) is 98.9 Å². The van der Waals surface area contributed by atoms with Gasteiger partial charge in [0.1, 0.15) is 0 Å². The third kappa shape index (κ3) is 2.61. The Labute approximate surface area is 144 Å². The second-order valence-corrected chi connectivity index (χ2v) is 5.76. The summed E-state index contributed by atoms with van der Waals surface area (Å²) in [6.07, 6.45) is 1.36. The summed E-state index contributed by atoms with van der Waals surface area (Å²) < 4.78 is 11.1. The molecule has 2 aromatic rings. The van der Waals surface area contributed by atoms with Crippen LogP contribution in [0.2, 0.25) is 0 Å². The van der Waals surface area contributed by atoms with E-state index in [0.717, 1.165) is 6.07 Å². The predicted molar refractivity (Wildman–Crippen MR) is 88.4 cm³/mol. The second-order valence-electron chi connectivity index (χ2n) is 4.90. The zero-order chi connectivity index (χ0) is 17.4. The van der Waals surface area contributed by atoms with Crippen LogP contribution in [-0.4, -0.2) is 22.9 Å². The summed E-state index contributed by atoms with van der Waals surface area (Å²) in [5.74, 6) is -0.552. The lowest BCUT2D eigenvalue weighted by atomic mass is 10.1. The molecule has 0 aliphatic carbocycles. The normalized spacial score (nSPS) is 14.4. The van der Waals surface area contributed by atoms with Crippen LogP contribution in [-0.2, 0) is 0 Å².